The van der Waals surface area contributed by atoms with Crippen LogP contribution in [0.15, 0.2) is 107 Å². The van der Waals surface area contributed by atoms with Gasteiger partial charge in [-0.1, -0.05) is 67.6 Å². The third kappa shape index (κ3) is 6.60. The fourth-order valence-corrected chi connectivity index (χ4v) is 5.39. The van der Waals surface area contributed by atoms with Gasteiger partial charge in [-0.05, 0) is 85.0 Å². The first-order valence-electron chi connectivity index (χ1n) is 14.8. The maximum atomic E-state index is 10.3. The van der Waals surface area contributed by atoms with Gasteiger partial charge >= 0.3 is 0 Å². The van der Waals surface area contributed by atoms with Gasteiger partial charge in [-0.25, -0.2) is 5.43 Å². The predicted molar refractivity (Wildman–Crippen MR) is 179 cm³/mol. The van der Waals surface area contributed by atoms with Gasteiger partial charge in [0.15, 0.2) is 0 Å². The van der Waals surface area contributed by atoms with E-state index in [0.29, 0.717) is 0 Å². The Labute approximate surface area is 253 Å². The molecule has 0 aliphatic heterocycles. The maximum Gasteiger partial charge on any atom is 0.116 e. The summed E-state index contributed by atoms with van der Waals surface area (Å²) in [5.74, 6) is 0.258. The number of fused-ring (bicyclic) bond motifs is 1. The summed E-state index contributed by atoms with van der Waals surface area (Å²) in [5.41, 5.74) is 10.7. The summed E-state index contributed by atoms with van der Waals surface area (Å²) < 4.78 is 2.20. The van der Waals surface area contributed by atoms with Crippen molar-refractivity contribution in [2.24, 2.45) is 10.2 Å². The van der Waals surface area contributed by atoms with Crippen LogP contribution in [0.2, 0.25) is 0 Å². The molecule has 0 unspecified atom stereocenters. The normalized spacial score (nSPS) is 13.0. The highest BCUT2D eigenvalue weighted by molar-refractivity contribution is 5.84. The van der Waals surface area contributed by atoms with Crippen LogP contribution in [0.3, 0.4) is 0 Å². The van der Waals surface area contributed by atoms with Gasteiger partial charge in [-0.2, -0.15) is 14.9 Å². The van der Waals surface area contributed by atoms with Gasteiger partial charge in [-0.15, -0.1) is 0 Å². The summed E-state index contributed by atoms with van der Waals surface area (Å²) in [6, 6.07) is 30.7. The average molecular weight is 571 g/mol. The van der Waals surface area contributed by atoms with Crippen molar-refractivity contribution in [2.45, 2.75) is 26.7 Å². The predicted octanol–water partition coefficient (Wildman–Crippen LogP) is 5.93. The molecule has 0 aliphatic rings. The molecule has 3 N–H and O–H groups in total. The fourth-order valence-electron chi connectivity index (χ4n) is 5.39. The molecule has 5 aromatic rings. The molecule has 0 saturated heterocycles. The van der Waals surface area contributed by atoms with Gasteiger partial charge in [0.25, 0.3) is 0 Å². The number of aromatic hydroxyl groups is 1. The summed E-state index contributed by atoms with van der Waals surface area (Å²) >= 11 is 0. The number of hydrogen-bond donors (Lipinski definition) is 2. The van der Waals surface area contributed by atoms with Gasteiger partial charge in [0.1, 0.15) is 11.3 Å². The third-order valence-corrected chi connectivity index (χ3v) is 7.73. The first kappa shape index (κ1) is 29.5. The number of rotatable bonds is 9. The molecule has 0 spiro atoms. The Kier molecular flexibility index (Phi) is 9.18. The Morgan fingerprint density at radius 2 is 1.70 bits per heavy atom. The Morgan fingerprint density at radius 3 is 2.37 bits per heavy atom. The topological polar surface area (TPSA) is 69.7 Å². The summed E-state index contributed by atoms with van der Waals surface area (Å²) in [6.45, 7) is 4.16. The van der Waals surface area contributed by atoms with Crippen molar-refractivity contribution in [3.8, 4) is 5.75 Å². The highest BCUT2D eigenvalue weighted by atomic mass is 16.3. The van der Waals surface area contributed by atoms with Crippen LogP contribution in [0.4, 0.5) is 11.4 Å². The van der Waals surface area contributed by atoms with E-state index in [0.717, 1.165) is 62.5 Å². The number of benzene rings is 4. The Morgan fingerprint density at radius 1 is 0.953 bits per heavy atom. The first-order chi connectivity index (χ1) is 20.9. The Hall–Kier alpha value is -4.94. The lowest BCUT2D eigenvalue weighted by atomic mass is 10.0. The van der Waals surface area contributed by atoms with E-state index in [-0.39, 0.29) is 5.75 Å². The second kappa shape index (κ2) is 13.4. The van der Waals surface area contributed by atoms with Crippen molar-refractivity contribution in [2.75, 3.05) is 26.0 Å². The van der Waals surface area contributed by atoms with Crippen molar-refractivity contribution in [3.05, 3.63) is 130 Å². The van der Waals surface area contributed by atoms with Gasteiger partial charge in [0.05, 0.1) is 23.8 Å². The lowest BCUT2D eigenvalue weighted by Crippen LogP contribution is -2.86. The number of aryl methyl sites for hydroxylation is 1. The molecular formula is C37H40N5O+. The zero-order chi connectivity index (χ0) is 30.3. The zero-order valence-corrected chi connectivity index (χ0v) is 25.6. The second-order valence-electron chi connectivity index (χ2n) is 10.7. The molecule has 4 aromatic carbocycles. The molecule has 218 valence electrons. The molecule has 0 saturated carbocycles. The van der Waals surface area contributed by atoms with Crippen molar-refractivity contribution in [3.63, 3.8) is 0 Å². The molecule has 1 heterocycles. The number of nitrogens with zero attached hydrogens (tertiary/aromatic N) is 4. The number of nitrogens with two attached hydrogens (primary N) is 1. The van der Waals surface area contributed by atoms with Gasteiger partial charge in [-0.3, -0.25) is 0 Å². The lowest BCUT2D eigenvalue weighted by molar-refractivity contribution is -0.682. The summed E-state index contributed by atoms with van der Waals surface area (Å²) in [7, 11) is 6.12. The minimum atomic E-state index is 0.258. The van der Waals surface area contributed by atoms with Crippen LogP contribution < -0.4 is 20.9 Å². The molecule has 0 fully saturated rings. The van der Waals surface area contributed by atoms with E-state index in [1.54, 1.807) is 6.07 Å². The average Bonchev–Trinajstić information content (AvgIpc) is 3.32. The van der Waals surface area contributed by atoms with Crippen molar-refractivity contribution in [1.82, 2.24) is 4.68 Å². The highest BCUT2D eigenvalue weighted by Gasteiger charge is 2.11. The summed E-state index contributed by atoms with van der Waals surface area (Å²) in [6.07, 6.45) is 8.17. The van der Waals surface area contributed by atoms with Crippen LogP contribution in [0.5, 0.6) is 5.75 Å². The number of hydrogen-bond acceptors (Lipinski definition) is 4. The fraction of sp³-hybridized carbons (Fsp3) is 0.189. The number of phenols is 1. The number of azo groups is 1. The van der Waals surface area contributed by atoms with E-state index in [1.807, 2.05) is 64.5 Å². The summed E-state index contributed by atoms with van der Waals surface area (Å²) in [5, 5.41) is 22.6. The standard InChI is InChI=1S/C37H39N5O/c1-6-28-10-8-9-11-32(28)35(7-2)40-39-29-17-12-26(13-18-29)16-22-36-33(24-27-14-19-30(20-15-27)41(4)5)34-25-31(43)21-23-37(34)42(36)38-3/h7-15,17-25,38,43H,6,16H2,1-5H3/p+1/b33-24-,35-7+,36-22-,40-39?. The molecular weight excluding hydrogens is 530 g/mol. The third-order valence-electron chi connectivity index (χ3n) is 7.73. The van der Waals surface area contributed by atoms with E-state index in [4.69, 9.17) is 0 Å². The van der Waals surface area contributed by atoms with Crippen LogP contribution in [0, 0.1) is 0 Å². The van der Waals surface area contributed by atoms with Gasteiger partial charge in [0.2, 0.25) is 0 Å². The van der Waals surface area contributed by atoms with Gasteiger partial charge < -0.3 is 10.0 Å². The molecule has 6 nitrogen and oxygen atoms in total. The van der Waals surface area contributed by atoms with E-state index in [1.165, 1.54) is 11.1 Å². The first-order valence-corrected chi connectivity index (χ1v) is 14.8. The van der Waals surface area contributed by atoms with Crippen molar-refractivity contribution < 1.29 is 10.5 Å². The second-order valence-corrected chi connectivity index (χ2v) is 10.7. The van der Waals surface area contributed by atoms with Crippen LogP contribution in [-0.4, -0.2) is 30.9 Å². The molecule has 0 radical (unpaired) electrons. The lowest BCUT2D eigenvalue weighted by Gasteiger charge is -2.11. The van der Waals surface area contributed by atoms with E-state index in [2.05, 4.69) is 98.9 Å². The SMILES string of the molecule is C/C=C(/N=Nc1ccc(C/C=c2/c(=C\c3ccc(N(C)C)cc3)c3cc(O)ccc3n2[NH2+]C)cc1)c1ccccc1CC. The summed E-state index contributed by atoms with van der Waals surface area (Å²) in [4.78, 5) is 2.09. The van der Waals surface area contributed by atoms with Crippen LogP contribution in [-0.2, 0) is 12.8 Å². The van der Waals surface area contributed by atoms with Crippen molar-refractivity contribution in [1.29, 1.82) is 0 Å². The molecule has 0 aliphatic carbocycles. The monoisotopic (exact) mass is 570 g/mol. The van der Waals surface area contributed by atoms with Crippen LogP contribution in [0.1, 0.15) is 36.1 Å². The Balaban J connectivity index is 1.47. The molecule has 0 amide bonds. The minimum Gasteiger partial charge on any atom is -0.508 e. The van der Waals surface area contributed by atoms with E-state index in [9.17, 15) is 5.11 Å². The molecule has 0 bridgehead atoms. The van der Waals surface area contributed by atoms with Crippen LogP contribution in [0.25, 0.3) is 28.8 Å². The number of phenolic OH excluding ortho intramolecular Hbond substituents is 1. The van der Waals surface area contributed by atoms with Crippen LogP contribution >= 0.6 is 0 Å². The van der Waals surface area contributed by atoms with Gasteiger partial charge in [0, 0.05) is 36.0 Å². The van der Waals surface area contributed by atoms with E-state index >= 15 is 0 Å². The number of aromatic nitrogens is 1. The molecule has 5 rings (SSSR count). The smallest absolute Gasteiger partial charge is 0.116 e. The molecule has 43 heavy (non-hydrogen) atoms. The number of anilines is 1. The number of allylic oxidation sites excluding steroid dienone is 1. The largest absolute Gasteiger partial charge is 0.508 e. The number of quaternary nitrogens is 1. The quantitative estimate of drug-likeness (QED) is 0.170. The maximum absolute atomic E-state index is 10.3. The minimum absolute atomic E-state index is 0.258. The Bertz CT molecular complexity index is 1900. The molecule has 1 aromatic heterocycles. The molecule has 6 heteroatoms. The van der Waals surface area contributed by atoms with Crippen molar-refractivity contribution >= 4 is 40.1 Å². The highest BCUT2D eigenvalue weighted by Crippen LogP contribution is 2.24. The van der Waals surface area contributed by atoms with E-state index < -0.39 is 0 Å². The zero-order valence-electron chi connectivity index (χ0n) is 25.6. The molecule has 0 atom stereocenters.